The summed E-state index contributed by atoms with van der Waals surface area (Å²) in [6, 6.07) is 6.98. The van der Waals surface area contributed by atoms with Crippen LogP contribution in [0.4, 0.5) is 5.69 Å². The molecule has 0 saturated heterocycles. The zero-order chi connectivity index (χ0) is 16.9. The van der Waals surface area contributed by atoms with Crippen molar-refractivity contribution < 1.29 is 13.2 Å². The van der Waals surface area contributed by atoms with Crippen molar-refractivity contribution in [2.24, 2.45) is 0 Å². The normalized spacial score (nSPS) is 16.6. The fourth-order valence-corrected chi connectivity index (χ4v) is 3.70. The van der Waals surface area contributed by atoms with Crippen LogP contribution in [0.2, 0.25) is 0 Å². The number of anilines is 1. The number of hydrogen-bond donors (Lipinski definition) is 1. The van der Waals surface area contributed by atoms with E-state index in [1.165, 1.54) is 37.0 Å². The Balaban J connectivity index is 2.02. The zero-order valence-corrected chi connectivity index (χ0v) is 14.7. The quantitative estimate of drug-likeness (QED) is 0.840. The highest BCUT2D eigenvalue weighted by atomic mass is 32.2. The first-order valence-electron chi connectivity index (χ1n) is 8.31. The molecule has 1 saturated carbocycles. The van der Waals surface area contributed by atoms with Crippen molar-refractivity contribution in [3.05, 3.63) is 29.8 Å². The first-order chi connectivity index (χ1) is 10.9. The van der Waals surface area contributed by atoms with Crippen LogP contribution in [0.1, 0.15) is 55.8 Å². The Morgan fingerprint density at radius 1 is 1.13 bits per heavy atom. The molecule has 0 radical (unpaired) electrons. The van der Waals surface area contributed by atoms with Gasteiger partial charge in [-0.15, -0.1) is 0 Å². The molecule has 23 heavy (non-hydrogen) atoms. The van der Waals surface area contributed by atoms with Gasteiger partial charge in [0.1, 0.15) is 0 Å². The largest absolute Gasteiger partial charge is 0.349 e. The molecule has 1 fully saturated rings. The van der Waals surface area contributed by atoms with E-state index in [-0.39, 0.29) is 17.7 Å². The Hall–Kier alpha value is -1.56. The summed E-state index contributed by atoms with van der Waals surface area (Å²) in [6.07, 6.45) is 6.92. The van der Waals surface area contributed by atoms with Gasteiger partial charge in [-0.1, -0.05) is 25.7 Å². The summed E-state index contributed by atoms with van der Waals surface area (Å²) >= 11 is 0. The monoisotopic (exact) mass is 338 g/mol. The highest BCUT2D eigenvalue weighted by molar-refractivity contribution is 7.92. The number of carbonyl (C=O) groups excluding carboxylic acids is 1. The van der Waals surface area contributed by atoms with Crippen LogP contribution in [0, 0.1) is 0 Å². The lowest BCUT2D eigenvalue weighted by Gasteiger charge is -2.19. The number of sulfonamides is 1. The number of rotatable bonds is 5. The zero-order valence-electron chi connectivity index (χ0n) is 13.9. The first kappa shape index (κ1) is 17.8. The van der Waals surface area contributed by atoms with Crippen molar-refractivity contribution >= 4 is 21.6 Å². The van der Waals surface area contributed by atoms with Crippen LogP contribution in [0.3, 0.4) is 0 Å². The summed E-state index contributed by atoms with van der Waals surface area (Å²) < 4.78 is 25.0. The number of amides is 1. The molecule has 1 amide bonds. The van der Waals surface area contributed by atoms with Gasteiger partial charge in [0.05, 0.1) is 11.4 Å². The van der Waals surface area contributed by atoms with E-state index in [1.54, 1.807) is 31.2 Å². The van der Waals surface area contributed by atoms with E-state index in [4.69, 9.17) is 0 Å². The molecule has 0 atom stereocenters. The van der Waals surface area contributed by atoms with Crippen LogP contribution in [0.15, 0.2) is 24.3 Å². The molecule has 6 heteroatoms. The number of nitrogens with one attached hydrogen (secondary N) is 1. The molecule has 128 valence electrons. The van der Waals surface area contributed by atoms with Crippen LogP contribution < -0.4 is 9.62 Å². The first-order valence-corrected chi connectivity index (χ1v) is 9.92. The minimum atomic E-state index is -3.28. The second kappa shape index (κ2) is 7.81. The van der Waals surface area contributed by atoms with Crippen molar-refractivity contribution in [3.63, 3.8) is 0 Å². The van der Waals surface area contributed by atoms with Gasteiger partial charge in [0, 0.05) is 18.7 Å². The van der Waals surface area contributed by atoms with Crippen molar-refractivity contribution in [1.29, 1.82) is 0 Å². The van der Waals surface area contributed by atoms with Gasteiger partial charge in [0.15, 0.2) is 0 Å². The Labute approximate surface area is 139 Å². The van der Waals surface area contributed by atoms with Gasteiger partial charge >= 0.3 is 0 Å². The standard InChI is InChI=1S/C17H26N2O3S/c1-3-23(21,22)19(2)16-12-10-14(11-13-16)17(20)18-15-8-6-4-5-7-9-15/h10-13,15H,3-9H2,1-2H3,(H,18,20). The highest BCUT2D eigenvalue weighted by Crippen LogP contribution is 2.19. The molecule has 0 unspecified atom stereocenters. The van der Waals surface area contributed by atoms with Gasteiger partial charge < -0.3 is 5.32 Å². The van der Waals surface area contributed by atoms with E-state index in [0.29, 0.717) is 11.3 Å². The highest BCUT2D eigenvalue weighted by Gasteiger charge is 2.18. The molecule has 1 N–H and O–H groups in total. The summed E-state index contributed by atoms with van der Waals surface area (Å²) in [5.41, 5.74) is 1.14. The maximum absolute atomic E-state index is 12.3. The molecule has 0 spiro atoms. The van der Waals surface area contributed by atoms with Crippen molar-refractivity contribution in [2.75, 3.05) is 17.1 Å². The van der Waals surface area contributed by atoms with E-state index in [0.717, 1.165) is 12.8 Å². The van der Waals surface area contributed by atoms with E-state index in [1.807, 2.05) is 0 Å². The average molecular weight is 338 g/mol. The van der Waals surface area contributed by atoms with E-state index in [9.17, 15) is 13.2 Å². The number of nitrogens with zero attached hydrogens (tertiary/aromatic N) is 1. The van der Waals surface area contributed by atoms with Crippen molar-refractivity contribution in [3.8, 4) is 0 Å². The Bertz CT molecular complexity index is 618. The second-order valence-corrected chi connectivity index (χ2v) is 8.37. The van der Waals surface area contributed by atoms with E-state index in [2.05, 4.69) is 5.32 Å². The molecule has 0 aliphatic heterocycles. The predicted molar refractivity (Wildman–Crippen MR) is 93.3 cm³/mol. The van der Waals surface area contributed by atoms with Crippen LogP contribution >= 0.6 is 0 Å². The SMILES string of the molecule is CCS(=O)(=O)N(C)c1ccc(C(=O)NC2CCCCCC2)cc1. The molecule has 1 aliphatic rings. The molecule has 0 heterocycles. The number of benzene rings is 1. The number of carbonyl (C=O) groups is 1. The molecule has 0 bridgehead atoms. The van der Waals surface area contributed by atoms with Gasteiger partial charge in [-0.05, 0) is 44.0 Å². The average Bonchev–Trinajstić information content (AvgIpc) is 2.83. The molecule has 2 rings (SSSR count). The lowest BCUT2D eigenvalue weighted by Crippen LogP contribution is -2.34. The predicted octanol–water partition coefficient (Wildman–Crippen LogP) is 2.93. The third kappa shape index (κ3) is 4.70. The van der Waals surface area contributed by atoms with E-state index < -0.39 is 10.0 Å². The van der Waals surface area contributed by atoms with Crippen LogP contribution in [0.25, 0.3) is 0 Å². The fraction of sp³-hybridized carbons (Fsp3) is 0.588. The van der Waals surface area contributed by atoms with Crippen molar-refractivity contribution in [1.82, 2.24) is 5.32 Å². The number of hydrogen-bond acceptors (Lipinski definition) is 3. The van der Waals surface area contributed by atoms with Gasteiger partial charge in [-0.25, -0.2) is 8.42 Å². The van der Waals surface area contributed by atoms with E-state index >= 15 is 0 Å². The third-order valence-corrected chi connectivity index (χ3v) is 6.24. The maximum Gasteiger partial charge on any atom is 0.251 e. The molecular formula is C17H26N2O3S. The van der Waals surface area contributed by atoms with Crippen LogP contribution in [-0.4, -0.2) is 33.2 Å². The topological polar surface area (TPSA) is 66.5 Å². The second-order valence-electron chi connectivity index (χ2n) is 6.08. The van der Waals surface area contributed by atoms with Gasteiger partial charge in [0.25, 0.3) is 5.91 Å². The van der Waals surface area contributed by atoms with Gasteiger partial charge in [0.2, 0.25) is 10.0 Å². The van der Waals surface area contributed by atoms with Crippen LogP contribution in [0.5, 0.6) is 0 Å². The summed E-state index contributed by atoms with van der Waals surface area (Å²) in [6.45, 7) is 1.61. The van der Waals surface area contributed by atoms with Crippen molar-refractivity contribution in [2.45, 2.75) is 51.5 Å². The smallest absolute Gasteiger partial charge is 0.251 e. The van der Waals surface area contributed by atoms with Gasteiger partial charge in [-0.3, -0.25) is 9.10 Å². The summed E-state index contributed by atoms with van der Waals surface area (Å²) in [4.78, 5) is 12.3. The van der Waals surface area contributed by atoms with Gasteiger partial charge in [-0.2, -0.15) is 0 Å². The summed E-state index contributed by atoms with van der Waals surface area (Å²) in [5.74, 6) is -0.0302. The molecular weight excluding hydrogens is 312 g/mol. The molecule has 1 aromatic rings. The molecule has 1 aromatic carbocycles. The Morgan fingerprint density at radius 3 is 2.22 bits per heavy atom. The Morgan fingerprint density at radius 2 is 1.70 bits per heavy atom. The summed E-state index contributed by atoms with van der Waals surface area (Å²) in [7, 11) is -1.75. The molecule has 5 nitrogen and oxygen atoms in total. The molecule has 0 aromatic heterocycles. The fourth-order valence-electron chi connectivity index (χ4n) is 2.87. The lowest BCUT2D eigenvalue weighted by atomic mass is 10.1. The summed E-state index contributed by atoms with van der Waals surface area (Å²) in [5, 5.41) is 3.09. The molecule has 1 aliphatic carbocycles. The minimum absolute atomic E-state index is 0.0490. The Kier molecular flexibility index (Phi) is 6.04. The lowest BCUT2D eigenvalue weighted by molar-refractivity contribution is 0.0933. The maximum atomic E-state index is 12.3. The third-order valence-electron chi connectivity index (χ3n) is 4.47. The minimum Gasteiger partial charge on any atom is -0.349 e. The van der Waals surface area contributed by atoms with Crippen LogP contribution in [-0.2, 0) is 10.0 Å².